The Balaban J connectivity index is 1.99. The molecule has 0 saturated carbocycles. The first-order valence-corrected chi connectivity index (χ1v) is 6.42. The van der Waals surface area contributed by atoms with Crippen molar-refractivity contribution in [3.8, 4) is 0 Å². The van der Waals surface area contributed by atoms with Gasteiger partial charge < -0.3 is 14.5 Å². The van der Waals surface area contributed by atoms with Crippen molar-refractivity contribution in [1.82, 2.24) is 10.3 Å². The Morgan fingerprint density at radius 2 is 2.15 bits per heavy atom. The van der Waals surface area contributed by atoms with Crippen LogP contribution in [-0.4, -0.2) is 18.1 Å². The summed E-state index contributed by atoms with van der Waals surface area (Å²) in [6.45, 7) is 4.36. The smallest absolute Gasteiger partial charge is 0.341 e. The first-order chi connectivity index (χ1) is 9.61. The quantitative estimate of drug-likeness (QED) is 0.849. The number of nitrogens with one attached hydrogen (secondary N) is 1. The summed E-state index contributed by atoms with van der Waals surface area (Å²) in [5.41, 5.74) is 1.62. The highest BCUT2D eigenvalue weighted by Crippen LogP contribution is 2.17. The van der Waals surface area contributed by atoms with E-state index in [1.54, 1.807) is 25.4 Å². The largest absolute Gasteiger partial charge is 0.465 e. The number of rotatable bonds is 5. The van der Waals surface area contributed by atoms with E-state index in [2.05, 4.69) is 17.2 Å². The maximum absolute atomic E-state index is 11.5. The summed E-state index contributed by atoms with van der Waals surface area (Å²) in [5, 5.41) is 3.34. The molecule has 2 aromatic heterocycles. The number of furan rings is 1. The van der Waals surface area contributed by atoms with Crippen LogP contribution in [-0.2, 0) is 11.3 Å². The van der Waals surface area contributed by atoms with Gasteiger partial charge in [0.25, 0.3) is 0 Å². The fraction of sp³-hybridized carbons (Fsp3) is 0.333. The van der Waals surface area contributed by atoms with Gasteiger partial charge in [0.15, 0.2) is 0 Å². The van der Waals surface area contributed by atoms with Gasteiger partial charge in [0.1, 0.15) is 17.1 Å². The summed E-state index contributed by atoms with van der Waals surface area (Å²) in [6.07, 6.45) is 3.53. The van der Waals surface area contributed by atoms with Crippen LogP contribution >= 0.6 is 0 Å². The lowest BCUT2D eigenvalue weighted by molar-refractivity contribution is 0.0599. The van der Waals surface area contributed by atoms with E-state index in [0.29, 0.717) is 23.6 Å². The van der Waals surface area contributed by atoms with Gasteiger partial charge in [-0.05, 0) is 37.6 Å². The average Bonchev–Trinajstić information content (AvgIpc) is 2.86. The summed E-state index contributed by atoms with van der Waals surface area (Å²) in [5.74, 6) is 0.911. The van der Waals surface area contributed by atoms with Crippen LogP contribution in [0, 0.1) is 6.92 Å². The third kappa shape index (κ3) is 3.24. The molecule has 0 spiro atoms. The van der Waals surface area contributed by atoms with Crippen molar-refractivity contribution in [1.29, 1.82) is 0 Å². The number of ether oxygens (including phenoxy) is 1. The van der Waals surface area contributed by atoms with Crippen LogP contribution in [0.5, 0.6) is 0 Å². The molecular formula is C15H18N2O3. The molecule has 20 heavy (non-hydrogen) atoms. The molecule has 5 heteroatoms. The molecule has 1 N–H and O–H groups in total. The molecule has 5 nitrogen and oxygen atoms in total. The van der Waals surface area contributed by atoms with Gasteiger partial charge in [-0.3, -0.25) is 4.98 Å². The lowest BCUT2D eigenvalue weighted by atomic mass is 10.1. The van der Waals surface area contributed by atoms with Gasteiger partial charge in [-0.1, -0.05) is 0 Å². The lowest BCUT2D eigenvalue weighted by Gasteiger charge is -2.12. The SMILES string of the molecule is COC(=O)c1cc(CNC(C)c2ccncc2)oc1C. The number of pyridine rings is 1. The lowest BCUT2D eigenvalue weighted by Crippen LogP contribution is -2.17. The number of methoxy groups -OCH3 is 1. The van der Waals surface area contributed by atoms with Crippen molar-refractivity contribution in [2.24, 2.45) is 0 Å². The molecule has 106 valence electrons. The van der Waals surface area contributed by atoms with E-state index >= 15 is 0 Å². The van der Waals surface area contributed by atoms with Crippen molar-refractivity contribution in [3.05, 3.63) is 53.2 Å². The molecule has 0 aliphatic rings. The molecule has 2 rings (SSSR count). The highest BCUT2D eigenvalue weighted by atomic mass is 16.5. The third-order valence-electron chi connectivity index (χ3n) is 3.16. The summed E-state index contributed by atoms with van der Waals surface area (Å²) >= 11 is 0. The number of nitrogens with zero attached hydrogens (tertiary/aromatic N) is 1. The van der Waals surface area contributed by atoms with Crippen molar-refractivity contribution in [2.45, 2.75) is 26.4 Å². The van der Waals surface area contributed by atoms with Gasteiger partial charge in [-0.2, -0.15) is 0 Å². The maximum Gasteiger partial charge on any atom is 0.341 e. The second-order valence-electron chi connectivity index (χ2n) is 4.56. The highest BCUT2D eigenvalue weighted by molar-refractivity contribution is 5.90. The molecule has 0 amide bonds. The van der Waals surface area contributed by atoms with Crippen LogP contribution in [0.4, 0.5) is 0 Å². The minimum Gasteiger partial charge on any atom is -0.465 e. The van der Waals surface area contributed by atoms with Crippen LogP contribution in [0.1, 0.15) is 40.4 Å². The number of hydrogen-bond acceptors (Lipinski definition) is 5. The molecular weight excluding hydrogens is 256 g/mol. The topological polar surface area (TPSA) is 64.4 Å². The van der Waals surface area contributed by atoms with Crippen LogP contribution in [0.2, 0.25) is 0 Å². The molecule has 0 bridgehead atoms. The van der Waals surface area contributed by atoms with Crippen LogP contribution < -0.4 is 5.32 Å². The van der Waals surface area contributed by atoms with Crippen molar-refractivity contribution >= 4 is 5.97 Å². The van der Waals surface area contributed by atoms with E-state index in [-0.39, 0.29) is 12.0 Å². The fourth-order valence-electron chi connectivity index (χ4n) is 1.97. The Labute approximate surface area is 118 Å². The molecule has 2 heterocycles. The zero-order chi connectivity index (χ0) is 14.5. The maximum atomic E-state index is 11.5. The molecule has 0 aliphatic heterocycles. The normalized spacial score (nSPS) is 12.2. The minimum absolute atomic E-state index is 0.171. The molecule has 0 fully saturated rings. The van der Waals surface area contributed by atoms with Crippen LogP contribution in [0.15, 0.2) is 35.0 Å². The number of aromatic nitrogens is 1. The summed E-state index contributed by atoms with van der Waals surface area (Å²) in [4.78, 5) is 15.5. The van der Waals surface area contributed by atoms with Gasteiger partial charge in [-0.15, -0.1) is 0 Å². The number of carbonyl (C=O) groups is 1. The minimum atomic E-state index is -0.375. The van der Waals surface area contributed by atoms with Crippen LogP contribution in [0.25, 0.3) is 0 Å². The number of hydrogen-bond donors (Lipinski definition) is 1. The van der Waals surface area contributed by atoms with Gasteiger partial charge in [0.2, 0.25) is 0 Å². The first-order valence-electron chi connectivity index (χ1n) is 6.42. The van der Waals surface area contributed by atoms with E-state index in [9.17, 15) is 4.79 Å². The number of esters is 1. The third-order valence-corrected chi connectivity index (χ3v) is 3.16. The van der Waals surface area contributed by atoms with Crippen molar-refractivity contribution < 1.29 is 13.9 Å². The number of aryl methyl sites for hydroxylation is 1. The standard InChI is InChI=1S/C15H18N2O3/c1-10(12-4-6-16-7-5-12)17-9-13-8-14(11(2)20-13)15(18)19-3/h4-8,10,17H,9H2,1-3H3. The molecule has 1 unspecified atom stereocenters. The van der Waals surface area contributed by atoms with E-state index in [1.165, 1.54) is 7.11 Å². The zero-order valence-corrected chi connectivity index (χ0v) is 11.8. The Morgan fingerprint density at radius 1 is 1.45 bits per heavy atom. The van der Waals surface area contributed by atoms with Gasteiger partial charge in [0.05, 0.1) is 13.7 Å². The second-order valence-corrected chi connectivity index (χ2v) is 4.56. The fourth-order valence-corrected chi connectivity index (χ4v) is 1.97. The molecule has 2 aromatic rings. The van der Waals surface area contributed by atoms with Crippen molar-refractivity contribution in [3.63, 3.8) is 0 Å². The zero-order valence-electron chi connectivity index (χ0n) is 11.8. The van der Waals surface area contributed by atoms with E-state index in [4.69, 9.17) is 9.15 Å². The second kappa shape index (κ2) is 6.34. The Bertz CT molecular complexity index is 578. The molecule has 1 atom stereocenters. The summed E-state index contributed by atoms with van der Waals surface area (Å²) in [7, 11) is 1.36. The van der Waals surface area contributed by atoms with Crippen molar-refractivity contribution in [2.75, 3.05) is 7.11 Å². The first kappa shape index (κ1) is 14.3. The molecule has 0 aromatic carbocycles. The molecule has 0 radical (unpaired) electrons. The summed E-state index contributed by atoms with van der Waals surface area (Å²) in [6, 6.07) is 5.81. The average molecular weight is 274 g/mol. The van der Waals surface area contributed by atoms with Gasteiger partial charge >= 0.3 is 5.97 Å². The highest BCUT2D eigenvalue weighted by Gasteiger charge is 2.15. The van der Waals surface area contributed by atoms with E-state index in [1.807, 2.05) is 12.1 Å². The Hall–Kier alpha value is -2.14. The van der Waals surface area contributed by atoms with Gasteiger partial charge in [-0.25, -0.2) is 4.79 Å². The van der Waals surface area contributed by atoms with Crippen LogP contribution in [0.3, 0.4) is 0 Å². The summed E-state index contributed by atoms with van der Waals surface area (Å²) < 4.78 is 10.2. The number of carbonyl (C=O) groups excluding carboxylic acids is 1. The van der Waals surface area contributed by atoms with E-state index < -0.39 is 0 Å². The molecule has 0 saturated heterocycles. The monoisotopic (exact) mass is 274 g/mol. The predicted molar refractivity (Wildman–Crippen MR) is 74.3 cm³/mol. The Morgan fingerprint density at radius 3 is 2.80 bits per heavy atom. The Kier molecular flexibility index (Phi) is 4.53. The van der Waals surface area contributed by atoms with E-state index in [0.717, 1.165) is 5.56 Å². The predicted octanol–water partition coefficient (Wildman–Crippen LogP) is 2.62. The van der Waals surface area contributed by atoms with Gasteiger partial charge in [0, 0.05) is 18.4 Å². The molecule has 0 aliphatic carbocycles.